The first-order chi connectivity index (χ1) is 10.1. The third-order valence-corrected chi connectivity index (χ3v) is 4.97. The lowest BCUT2D eigenvalue weighted by atomic mass is 9.97. The van der Waals surface area contributed by atoms with Gasteiger partial charge in [0.25, 0.3) is 0 Å². The third kappa shape index (κ3) is 3.05. The van der Waals surface area contributed by atoms with E-state index in [2.05, 4.69) is 34.9 Å². The number of aryl methyl sites for hydroxylation is 1. The number of carbonyl (C=O) groups excluding carboxylic acids is 1. The summed E-state index contributed by atoms with van der Waals surface area (Å²) in [7, 11) is 0. The summed E-state index contributed by atoms with van der Waals surface area (Å²) < 4.78 is 0. The second-order valence-electron chi connectivity index (χ2n) is 6.62. The monoisotopic (exact) mass is 288 g/mol. The van der Waals surface area contributed by atoms with Gasteiger partial charge in [-0.1, -0.05) is 24.3 Å². The molecule has 0 heterocycles. The van der Waals surface area contributed by atoms with Gasteiger partial charge in [0.05, 0.1) is 12.1 Å². The van der Waals surface area contributed by atoms with Gasteiger partial charge in [-0.05, 0) is 49.7 Å². The van der Waals surface area contributed by atoms with Crippen molar-refractivity contribution in [2.45, 2.75) is 44.1 Å². The summed E-state index contributed by atoms with van der Waals surface area (Å²) in [5.41, 5.74) is 2.30. The van der Waals surface area contributed by atoms with Crippen LogP contribution in [-0.2, 0) is 6.42 Å². The lowest BCUT2D eigenvalue weighted by Gasteiger charge is -2.29. The number of hydrogen-bond acceptors (Lipinski definition) is 2. The van der Waals surface area contributed by atoms with E-state index in [0.29, 0.717) is 18.4 Å². The van der Waals surface area contributed by atoms with Crippen molar-refractivity contribution in [1.82, 2.24) is 10.6 Å². The van der Waals surface area contributed by atoms with E-state index >= 15 is 0 Å². The molecular formula is C17H24N2O2. The zero-order valence-corrected chi connectivity index (χ0v) is 12.6. The number of fused-ring (bicyclic) bond motifs is 1. The average Bonchev–Trinajstić information content (AvgIpc) is 3.27. The zero-order valence-electron chi connectivity index (χ0n) is 12.6. The molecule has 1 saturated carbocycles. The van der Waals surface area contributed by atoms with Crippen LogP contribution in [0.2, 0.25) is 0 Å². The van der Waals surface area contributed by atoms with Crippen LogP contribution < -0.4 is 10.6 Å². The van der Waals surface area contributed by atoms with Gasteiger partial charge in [0.1, 0.15) is 0 Å². The Kier molecular flexibility index (Phi) is 3.89. The maximum atomic E-state index is 12.1. The summed E-state index contributed by atoms with van der Waals surface area (Å²) in [6.45, 7) is 2.58. The van der Waals surface area contributed by atoms with Crippen LogP contribution in [-0.4, -0.2) is 29.8 Å². The second kappa shape index (κ2) is 5.68. The largest absolute Gasteiger partial charge is 0.394 e. The number of rotatable bonds is 5. The van der Waals surface area contributed by atoms with Crippen molar-refractivity contribution in [3.63, 3.8) is 0 Å². The molecule has 0 aromatic heterocycles. The van der Waals surface area contributed by atoms with Crippen molar-refractivity contribution in [2.75, 3.05) is 13.2 Å². The SMILES string of the molecule is C[C@@](CO)(NC(=O)NC[C@H]1CCc2ccccc21)C1CC1. The van der Waals surface area contributed by atoms with E-state index in [0.717, 1.165) is 25.7 Å². The van der Waals surface area contributed by atoms with E-state index < -0.39 is 5.54 Å². The molecule has 4 heteroatoms. The highest BCUT2D eigenvalue weighted by atomic mass is 16.3. The average molecular weight is 288 g/mol. The van der Waals surface area contributed by atoms with Crippen LogP contribution >= 0.6 is 0 Å². The first kappa shape index (κ1) is 14.4. The quantitative estimate of drug-likeness (QED) is 0.777. The Bertz CT molecular complexity index is 527. The molecule has 114 valence electrons. The van der Waals surface area contributed by atoms with Gasteiger partial charge in [0.15, 0.2) is 0 Å². The van der Waals surface area contributed by atoms with Gasteiger partial charge in [0.2, 0.25) is 0 Å². The van der Waals surface area contributed by atoms with Gasteiger partial charge >= 0.3 is 6.03 Å². The van der Waals surface area contributed by atoms with E-state index in [-0.39, 0.29) is 12.6 Å². The zero-order chi connectivity index (χ0) is 14.9. The smallest absolute Gasteiger partial charge is 0.315 e. The van der Waals surface area contributed by atoms with Crippen LogP contribution in [0.25, 0.3) is 0 Å². The highest BCUT2D eigenvalue weighted by molar-refractivity contribution is 5.75. The van der Waals surface area contributed by atoms with Crippen molar-refractivity contribution in [3.8, 4) is 0 Å². The summed E-state index contributed by atoms with van der Waals surface area (Å²) >= 11 is 0. The minimum atomic E-state index is -0.475. The number of amides is 2. The molecule has 0 unspecified atom stereocenters. The highest BCUT2D eigenvalue weighted by Gasteiger charge is 2.42. The van der Waals surface area contributed by atoms with Crippen LogP contribution in [0.5, 0.6) is 0 Å². The normalized spacial score (nSPS) is 23.2. The van der Waals surface area contributed by atoms with Gasteiger partial charge in [-0.2, -0.15) is 0 Å². The predicted octanol–water partition coefficient (Wildman–Crippen LogP) is 2.18. The molecule has 2 aliphatic rings. The van der Waals surface area contributed by atoms with Crippen LogP contribution in [0.1, 0.15) is 43.2 Å². The van der Waals surface area contributed by atoms with Gasteiger partial charge in [0, 0.05) is 12.5 Å². The number of urea groups is 1. The van der Waals surface area contributed by atoms with E-state index in [1.54, 1.807) is 0 Å². The molecule has 0 bridgehead atoms. The second-order valence-corrected chi connectivity index (χ2v) is 6.62. The van der Waals surface area contributed by atoms with E-state index in [9.17, 15) is 9.90 Å². The third-order valence-electron chi connectivity index (χ3n) is 4.97. The Balaban J connectivity index is 1.53. The Morgan fingerprint density at radius 1 is 1.33 bits per heavy atom. The molecular weight excluding hydrogens is 264 g/mol. The number of aliphatic hydroxyl groups is 1. The highest BCUT2D eigenvalue weighted by Crippen LogP contribution is 2.39. The fourth-order valence-electron chi connectivity index (χ4n) is 3.37. The van der Waals surface area contributed by atoms with Crippen LogP contribution in [0.15, 0.2) is 24.3 Å². The van der Waals surface area contributed by atoms with Gasteiger partial charge in [-0.15, -0.1) is 0 Å². The molecule has 3 rings (SSSR count). The van der Waals surface area contributed by atoms with E-state index in [4.69, 9.17) is 0 Å². The van der Waals surface area contributed by atoms with Crippen molar-refractivity contribution in [2.24, 2.45) is 5.92 Å². The topological polar surface area (TPSA) is 61.4 Å². The fourth-order valence-corrected chi connectivity index (χ4v) is 3.37. The molecule has 21 heavy (non-hydrogen) atoms. The van der Waals surface area contributed by atoms with Crippen molar-refractivity contribution in [3.05, 3.63) is 35.4 Å². The van der Waals surface area contributed by atoms with Crippen LogP contribution in [0.4, 0.5) is 4.79 Å². The summed E-state index contributed by atoms with van der Waals surface area (Å²) in [4.78, 5) is 12.1. The number of nitrogens with one attached hydrogen (secondary N) is 2. The minimum absolute atomic E-state index is 0.00263. The molecule has 4 nitrogen and oxygen atoms in total. The van der Waals surface area contributed by atoms with Crippen LogP contribution in [0, 0.1) is 5.92 Å². The molecule has 0 saturated heterocycles. The van der Waals surface area contributed by atoms with Crippen molar-refractivity contribution < 1.29 is 9.90 Å². The first-order valence-electron chi connectivity index (χ1n) is 7.87. The molecule has 3 N–H and O–H groups in total. The Morgan fingerprint density at radius 2 is 2.10 bits per heavy atom. The standard InChI is InChI=1S/C17H24N2O2/c1-17(11-20,14-8-9-14)19-16(21)18-10-13-7-6-12-4-2-3-5-15(12)13/h2-5,13-14,20H,6-11H2,1H3,(H2,18,19,21)/t13-,17+/m1/s1. The van der Waals surface area contributed by atoms with Crippen LogP contribution in [0.3, 0.4) is 0 Å². The Hall–Kier alpha value is -1.55. The summed E-state index contributed by atoms with van der Waals surface area (Å²) in [5.74, 6) is 0.828. The minimum Gasteiger partial charge on any atom is -0.394 e. The Morgan fingerprint density at radius 3 is 2.81 bits per heavy atom. The lowest BCUT2D eigenvalue weighted by Crippen LogP contribution is -2.54. The first-order valence-corrected chi connectivity index (χ1v) is 7.87. The summed E-state index contributed by atoms with van der Waals surface area (Å²) in [6.07, 6.45) is 4.38. The maximum Gasteiger partial charge on any atom is 0.315 e. The van der Waals surface area contributed by atoms with Crippen molar-refractivity contribution in [1.29, 1.82) is 0 Å². The molecule has 0 radical (unpaired) electrons. The number of aliphatic hydroxyl groups excluding tert-OH is 1. The molecule has 2 amide bonds. The fraction of sp³-hybridized carbons (Fsp3) is 0.588. The number of hydrogen-bond donors (Lipinski definition) is 3. The molecule has 0 aliphatic heterocycles. The maximum absolute atomic E-state index is 12.1. The van der Waals surface area contributed by atoms with Crippen molar-refractivity contribution >= 4 is 6.03 Å². The lowest BCUT2D eigenvalue weighted by molar-refractivity contribution is 0.155. The molecule has 1 aromatic rings. The van der Waals surface area contributed by atoms with E-state index in [1.807, 2.05) is 6.92 Å². The Labute approximate surface area is 125 Å². The van der Waals surface area contributed by atoms with Gasteiger partial charge in [-0.3, -0.25) is 0 Å². The van der Waals surface area contributed by atoms with E-state index in [1.165, 1.54) is 11.1 Å². The molecule has 2 aliphatic carbocycles. The molecule has 1 aromatic carbocycles. The summed E-state index contributed by atoms with van der Waals surface area (Å²) in [5, 5.41) is 15.4. The van der Waals surface area contributed by atoms with Gasteiger partial charge in [-0.25, -0.2) is 4.79 Å². The molecule has 2 atom stereocenters. The summed E-state index contributed by atoms with van der Waals surface area (Å²) in [6, 6.07) is 8.30. The van der Waals surface area contributed by atoms with Gasteiger partial charge < -0.3 is 15.7 Å². The molecule has 1 fully saturated rings. The number of carbonyl (C=O) groups is 1. The molecule has 0 spiro atoms. The number of benzene rings is 1. The predicted molar refractivity (Wildman–Crippen MR) is 82.3 cm³/mol.